The predicted octanol–water partition coefficient (Wildman–Crippen LogP) is 2.78. The Labute approximate surface area is 154 Å². The smallest absolute Gasteiger partial charge is 0.294 e. The van der Waals surface area contributed by atoms with Crippen molar-refractivity contribution in [1.82, 2.24) is 5.32 Å². The Morgan fingerprint density at radius 3 is 2.68 bits per heavy atom. The van der Waals surface area contributed by atoms with Gasteiger partial charge in [-0.3, -0.25) is 4.55 Å². The first-order chi connectivity index (χ1) is 9.91. The molecular formula is C16H19NNaO3S. The minimum absolute atomic E-state index is 0. The largest absolute Gasteiger partial charge is 0.384 e. The van der Waals surface area contributed by atoms with E-state index in [0.717, 1.165) is 29.8 Å². The van der Waals surface area contributed by atoms with E-state index in [1.165, 1.54) is 17.7 Å². The van der Waals surface area contributed by atoms with Gasteiger partial charge in [-0.1, -0.05) is 35.9 Å². The Morgan fingerprint density at radius 2 is 2.09 bits per heavy atom. The molecule has 2 N–H and O–H groups in total. The summed E-state index contributed by atoms with van der Waals surface area (Å²) >= 11 is 0. The van der Waals surface area contributed by atoms with E-state index < -0.39 is 10.1 Å². The standard InChI is InChI=1S/C16H19NO3S.Na/c1-3-17-16(13-7-4-6-12(2)10-13)14-8-5-9-15(11-14)21(18,19)20;/h4-5,7-11,17H,3,6H2,1-2H3,(H,18,19,20);. The molecule has 113 valence electrons. The molecule has 22 heavy (non-hydrogen) atoms. The fourth-order valence-electron chi connectivity index (χ4n) is 2.26. The summed E-state index contributed by atoms with van der Waals surface area (Å²) in [6.07, 6.45) is 7.10. The molecule has 4 nitrogen and oxygen atoms in total. The molecule has 0 unspecified atom stereocenters. The van der Waals surface area contributed by atoms with Gasteiger partial charge in [0.05, 0.1) is 4.90 Å². The fourth-order valence-corrected chi connectivity index (χ4v) is 2.79. The van der Waals surface area contributed by atoms with Crippen LogP contribution in [0.1, 0.15) is 25.8 Å². The predicted molar refractivity (Wildman–Crippen MR) is 90.1 cm³/mol. The van der Waals surface area contributed by atoms with Crippen LogP contribution in [-0.2, 0) is 10.1 Å². The van der Waals surface area contributed by atoms with Crippen molar-refractivity contribution in [3.63, 3.8) is 0 Å². The van der Waals surface area contributed by atoms with Gasteiger partial charge in [-0.25, -0.2) is 0 Å². The van der Waals surface area contributed by atoms with E-state index in [0.29, 0.717) is 0 Å². The zero-order valence-electron chi connectivity index (χ0n) is 13.1. The van der Waals surface area contributed by atoms with E-state index in [-0.39, 0.29) is 34.5 Å². The van der Waals surface area contributed by atoms with E-state index in [1.54, 1.807) is 6.07 Å². The molecule has 1 aliphatic carbocycles. The average Bonchev–Trinajstić information content (AvgIpc) is 2.44. The van der Waals surface area contributed by atoms with Gasteiger partial charge in [0.1, 0.15) is 0 Å². The first-order valence-electron chi connectivity index (χ1n) is 6.81. The van der Waals surface area contributed by atoms with Crippen molar-refractivity contribution >= 4 is 45.4 Å². The third kappa shape index (κ3) is 4.83. The third-order valence-electron chi connectivity index (χ3n) is 3.20. The molecule has 1 aromatic carbocycles. The second-order valence-corrected chi connectivity index (χ2v) is 6.38. The number of benzene rings is 1. The van der Waals surface area contributed by atoms with Gasteiger partial charge in [0.2, 0.25) is 0 Å². The minimum Gasteiger partial charge on any atom is -0.384 e. The molecule has 0 saturated heterocycles. The van der Waals surface area contributed by atoms with Crippen LogP contribution in [0.3, 0.4) is 0 Å². The molecule has 1 aliphatic rings. The van der Waals surface area contributed by atoms with Crippen molar-refractivity contribution in [2.45, 2.75) is 25.2 Å². The van der Waals surface area contributed by atoms with Gasteiger partial charge >= 0.3 is 0 Å². The molecule has 0 saturated carbocycles. The van der Waals surface area contributed by atoms with Gasteiger partial charge in [0.25, 0.3) is 10.1 Å². The normalized spacial score (nSPS) is 16.6. The monoisotopic (exact) mass is 328 g/mol. The quantitative estimate of drug-likeness (QED) is 0.659. The van der Waals surface area contributed by atoms with Gasteiger partial charge in [0, 0.05) is 41.8 Å². The van der Waals surface area contributed by atoms with Gasteiger partial charge in [0.15, 0.2) is 0 Å². The topological polar surface area (TPSA) is 66.4 Å². The molecular weight excluding hydrogens is 309 g/mol. The summed E-state index contributed by atoms with van der Waals surface area (Å²) in [6, 6.07) is 6.31. The van der Waals surface area contributed by atoms with Crippen molar-refractivity contribution in [3.8, 4) is 0 Å². The van der Waals surface area contributed by atoms with Crippen LogP contribution in [-0.4, -0.2) is 49.1 Å². The van der Waals surface area contributed by atoms with Crippen LogP contribution in [0.15, 0.2) is 58.5 Å². The summed E-state index contributed by atoms with van der Waals surface area (Å²) in [5.74, 6) is 0. The third-order valence-corrected chi connectivity index (χ3v) is 4.05. The Bertz CT molecular complexity index is 734. The maximum Gasteiger partial charge on any atom is 0.294 e. The average molecular weight is 328 g/mol. The molecule has 0 heterocycles. The van der Waals surface area contributed by atoms with Crippen molar-refractivity contribution < 1.29 is 13.0 Å². The van der Waals surface area contributed by atoms with Crippen molar-refractivity contribution in [2.75, 3.05) is 6.54 Å². The van der Waals surface area contributed by atoms with Crippen LogP contribution in [0.5, 0.6) is 0 Å². The number of hydrogen-bond donors (Lipinski definition) is 2. The maximum atomic E-state index is 11.3. The number of rotatable bonds is 4. The molecule has 0 fully saturated rings. The molecule has 0 atom stereocenters. The van der Waals surface area contributed by atoms with Crippen LogP contribution >= 0.6 is 0 Å². The Balaban J connectivity index is 0.00000242. The molecule has 0 spiro atoms. The van der Waals surface area contributed by atoms with E-state index in [2.05, 4.69) is 24.4 Å². The Hall–Kier alpha value is -0.850. The van der Waals surface area contributed by atoms with Crippen molar-refractivity contribution in [2.24, 2.45) is 0 Å². The zero-order valence-corrected chi connectivity index (χ0v) is 15.9. The summed E-state index contributed by atoms with van der Waals surface area (Å²) in [5.41, 5.74) is 3.85. The molecule has 0 amide bonds. The molecule has 0 aliphatic heterocycles. The molecule has 0 aromatic heterocycles. The van der Waals surface area contributed by atoms with Gasteiger partial charge in [-0.2, -0.15) is 8.42 Å². The van der Waals surface area contributed by atoms with Crippen LogP contribution in [0.25, 0.3) is 5.70 Å². The number of hydrogen-bond acceptors (Lipinski definition) is 3. The van der Waals surface area contributed by atoms with Crippen LogP contribution < -0.4 is 5.32 Å². The number of allylic oxidation sites excluding steroid dienone is 5. The first kappa shape index (κ1) is 19.2. The SMILES string of the molecule is CCNC(=C1C=CCC(C)=C1)c1cccc(S(=O)(=O)O)c1.[Na]. The Kier molecular flexibility index (Phi) is 7.09. The van der Waals surface area contributed by atoms with E-state index in [4.69, 9.17) is 0 Å². The zero-order chi connectivity index (χ0) is 15.5. The summed E-state index contributed by atoms with van der Waals surface area (Å²) in [7, 11) is -4.20. The Morgan fingerprint density at radius 1 is 1.36 bits per heavy atom. The van der Waals surface area contributed by atoms with Crippen molar-refractivity contribution in [3.05, 3.63) is 59.2 Å². The number of nitrogens with one attached hydrogen (secondary N) is 1. The summed E-state index contributed by atoms with van der Waals surface area (Å²) in [4.78, 5) is -0.100. The molecule has 2 rings (SSSR count). The van der Waals surface area contributed by atoms with Crippen molar-refractivity contribution in [1.29, 1.82) is 0 Å². The van der Waals surface area contributed by atoms with E-state index >= 15 is 0 Å². The fraction of sp³-hybridized carbons (Fsp3) is 0.250. The summed E-state index contributed by atoms with van der Waals surface area (Å²) in [6.45, 7) is 4.76. The molecule has 6 heteroatoms. The summed E-state index contributed by atoms with van der Waals surface area (Å²) < 4.78 is 31.8. The van der Waals surface area contributed by atoms with Gasteiger partial charge in [-0.15, -0.1) is 0 Å². The second-order valence-electron chi connectivity index (χ2n) is 4.96. The molecule has 1 aromatic rings. The summed E-state index contributed by atoms with van der Waals surface area (Å²) in [5, 5.41) is 3.28. The molecule has 0 bridgehead atoms. The second kappa shape index (κ2) is 8.13. The van der Waals surface area contributed by atoms with Gasteiger partial charge < -0.3 is 5.32 Å². The van der Waals surface area contributed by atoms with Gasteiger partial charge in [-0.05, 0) is 43.5 Å². The van der Waals surface area contributed by atoms with Crippen LogP contribution in [0.4, 0.5) is 0 Å². The van der Waals surface area contributed by atoms with Crippen LogP contribution in [0, 0.1) is 0 Å². The van der Waals surface area contributed by atoms with Crippen LogP contribution in [0.2, 0.25) is 0 Å². The minimum atomic E-state index is -4.20. The van der Waals surface area contributed by atoms with E-state index in [1.807, 2.05) is 19.1 Å². The molecule has 1 radical (unpaired) electrons. The maximum absolute atomic E-state index is 11.3. The first-order valence-corrected chi connectivity index (χ1v) is 8.25. The van der Waals surface area contributed by atoms with E-state index in [9.17, 15) is 13.0 Å².